The summed E-state index contributed by atoms with van der Waals surface area (Å²) in [5.41, 5.74) is 2.97. The largest absolute Gasteiger partial charge is 0.477 e. The van der Waals surface area contributed by atoms with E-state index < -0.39 is 0 Å². The molecule has 0 atom stereocenters. The lowest BCUT2D eigenvalue weighted by Crippen LogP contribution is -2.41. The quantitative estimate of drug-likeness (QED) is 0.183. The molecule has 0 aliphatic carbocycles. The predicted octanol–water partition coefficient (Wildman–Crippen LogP) is 4.16. The van der Waals surface area contributed by atoms with Crippen molar-refractivity contribution in [3.05, 3.63) is 93.6 Å². The first kappa shape index (κ1) is 24.4. The Labute approximate surface area is 209 Å². The maximum Gasteiger partial charge on any atom is 0.354 e. The average Bonchev–Trinajstić information content (AvgIpc) is 2.88. The topological polar surface area (TPSA) is 74.1 Å². The summed E-state index contributed by atoms with van der Waals surface area (Å²) >= 11 is 5.94. The fourth-order valence-corrected chi connectivity index (χ4v) is 4.32. The Morgan fingerprint density at radius 3 is 2.46 bits per heavy atom. The van der Waals surface area contributed by atoms with Crippen molar-refractivity contribution in [3.8, 4) is 17.0 Å². The number of halogens is 1. The van der Waals surface area contributed by atoms with Crippen molar-refractivity contribution in [1.82, 2.24) is 14.3 Å². The van der Waals surface area contributed by atoms with Crippen LogP contribution in [0, 0.1) is 0 Å². The van der Waals surface area contributed by atoms with Gasteiger partial charge in [0.1, 0.15) is 17.5 Å². The van der Waals surface area contributed by atoms with E-state index >= 15 is 0 Å². The standard InChI is InChI=1S/C27H28ClN5O2/c1-4-29-25(31(5-2)6-3)21-13-11-20(12-14-21)24-26(34)32-16-8-7-9-23(32)33(27(24)35)18-19-10-15-22(28)30-17-19/h7-17H,4-6,18H2,1-3H3/p+1. The minimum Gasteiger partial charge on any atom is -0.477 e. The van der Waals surface area contributed by atoms with Gasteiger partial charge in [-0.25, -0.2) is 9.78 Å². The number of fused-ring (bicyclic) bond motifs is 1. The molecular formula is C27H29ClN5O2+. The van der Waals surface area contributed by atoms with Gasteiger partial charge in [-0.05, 0) is 38.5 Å². The fourth-order valence-electron chi connectivity index (χ4n) is 4.21. The van der Waals surface area contributed by atoms with Crippen LogP contribution in [0.1, 0.15) is 31.9 Å². The molecule has 7 nitrogen and oxygen atoms in total. The number of benzene rings is 1. The summed E-state index contributed by atoms with van der Waals surface area (Å²) in [6.45, 7) is 8.93. The summed E-state index contributed by atoms with van der Waals surface area (Å²) in [6, 6.07) is 16.6. The van der Waals surface area contributed by atoms with Gasteiger partial charge >= 0.3 is 5.56 Å². The van der Waals surface area contributed by atoms with Crippen molar-refractivity contribution in [2.45, 2.75) is 27.3 Å². The number of amidine groups is 1. The number of nitrogens with zero attached hydrogens (tertiary/aromatic N) is 5. The fraction of sp³-hybridized carbons (Fsp3) is 0.259. The highest BCUT2D eigenvalue weighted by Crippen LogP contribution is 2.25. The highest BCUT2D eigenvalue weighted by molar-refractivity contribution is 6.29. The first-order chi connectivity index (χ1) is 17.0. The van der Waals surface area contributed by atoms with Gasteiger partial charge in [0.25, 0.3) is 11.5 Å². The number of rotatable bonds is 7. The minimum absolute atomic E-state index is 0.102. The highest BCUT2D eigenvalue weighted by Gasteiger charge is 2.25. The molecule has 0 unspecified atom stereocenters. The number of hydrogen-bond donors (Lipinski definition) is 1. The summed E-state index contributed by atoms with van der Waals surface area (Å²) in [4.78, 5) is 24.5. The zero-order chi connectivity index (χ0) is 24.9. The van der Waals surface area contributed by atoms with Crippen LogP contribution >= 0.6 is 11.6 Å². The number of aliphatic imine (C=N–C) groups is 1. The molecule has 3 aromatic heterocycles. The first-order valence-corrected chi connectivity index (χ1v) is 12.1. The van der Waals surface area contributed by atoms with Crippen molar-refractivity contribution in [2.24, 2.45) is 4.99 Å². The van der Waals surface area contributed by atoms with E-state index in [-0.39, 0.29) is 17.0 Å². The van der Waals surface area contributed by atoms with Crippen LogP contribution in [0.3, 0.4) is 0 Å². The van der Waals surface area contributed by atoms with Gasteiger partial charge in [-0.3, -0.25) is 4.99 Å². The lowest BCUT2D eigenvalue weighted by atomic mass is 10.0. The normalized spacial score (nSPS) is 11.7. The van der Waals surface area contributed by atoms with Crippen LogP contribution in [0.25, 0.3) is 16.8 Å². The minimum atomic E-state index is -0.289. The lowest BCUT2D eigenvalue weighted by molar-refractivity contribution is -0.671. The molecule has 0 saturated heterocycles. The Kier molecular flexibility index (Phi) is 7.46. The van der Waals surface area contributed by atoms with E-state index in [0.717, 1.165) is 30.1 Å². The molecule has 3 heterocycles. The molecule has 0 spiro atoms. The van der Waals surface area contributed by atoms with Gasteiger partial charge in [-0.2, -0.15) is 8.97 Å². The second-order valence-corrected chi connectivity index (χ2v) is 8.44. The van der Waals surface area contributed by atoms with Crippen LogP contribution in [-0.2, 0) is 6.54 Å². The lowest BCUT2D eigenvalue weighted by Gasteiger charge is -2.23. The highest BCUT2D eigenvalue weighted by atomic mass is 35.5. The number of aromatic hydroxyl groups is 1. The SMILES string of the molecule is CCN=C(c1ccc(-c2c(O)[n+](Cc3ccc(Cl)nc3)c3ccccn3c2=O)cc1)N(CC)CC. The van der Waals surface area contributed by atoms with Crippen LogP contribution in [-0.4, -0.2) is 44.9 Å². The molecule has 35 heavy (non-hydrogen) atoms. The Balaban J connectivity index is 1.84. The Morgan fingerprint density at radius 1 is 1.09 bits per heavy atom. The Bertz CT molecular complexity index is 1410. The third kappa shape index (κ3) is 4.91. The summed E-state index contributed by atoms with van der Waals surface area (Å²) in [6.07, 6.45) is 3.37. The van der Waals surface area contributed by atoms with E-state index in [1.54, 1.807) is 39.6 Å². The molecule has 8 heteroatoms. The molecule has 4 rings (SSSR count). The molecule has 0 fully saturated rings. The molecule has 180 valence electrons. The average molecular weight is 491 g/mol. The van der Waals surface area contributed by atoms with Gasteiger partial charge in [-0.15, -0.1) is 0 Å². The molecule has 0 amide bonds. The molecule has 0 bridgehead atoms. The Morgan fingerprint density at radius 2 is 1.83 bits per heavy atom. The zero-order valence-electron chi connectivity index (χ0n) is 20.1. The second-order valence-electron chi connectivity index (χ2n) is 8.06. The summed E-state index contributed by atoms with van der Waals surface area (Å²) < 4.78 is 3.25. The van der Waals surface area contributed by atoms with Crippen molar-refractivity contribution in [3.63, 3.8) is 0 Å². The molecule has 1 N–H and O–H groups in total. The Hall–Kier alpha value is -3.71. The van der Waals surface area contributed by atoms with Crippen molar-refractivity contribution in [2.75, 3.05) is 19.6 Å². The maximum absolute atomic E-state index is 13.4. The molecule has 0 radical (unpaired) electrons. The van der Waals surface area contributed by atoms with E-state index in [9.17, 15) is 9.90 Å². The molecule has 1 aromatic carbocycles. The van der Waals surface area contributed by atoms with Gasteiger partial charge in [0.2, 0.25) is 0 Å². The third-order valence-corrected chi connectivity index (χ3v) is 6.18. The summed E-state index contributed by atoms with van der Waals surface area (Å²) in [5, 5.41) is 11.7. The molecular weight excluding hydrogens is 462 g/mol. The van der Waals surface area contributed by atoms with Crippen LogP contribution in [0.5, 0.6) is 5.88 Å². The predicted molar refractivity (Wildman–Crippen MR) is 139 cm³/mol. The van der Waals surface area contributed by atoms with E-state index in [1.807, 2.05) is 43.3 Å². The van der Waals surface area contributed by atoms with Crippen molar-refractivity contribution in [1.29, 1.82) is 0 Å². The van der Waals surface area contributed by atoms with Crippen molar-refractivity contribution >= 4 is 23.1 Å². The van der Waals surface area contributed by atoms with Crippen molar-refractivity contribution < 1.29 is 9.67 Å². The monoisotopic (exact) mass is 490 g/mol. The third-order valence-electron chi connectivity index (χ3n) is 5.96. The smallest absolute Gasteiger partial charge is 0.354 e. The van der Waals surface area contributed by atoms with Crippen LogP contribution in [0.4, 0.5) is 0 Å². The van der Waals surface area contributed by atoms with Gasteiger partial charge in [0.05, 0.1) is 6.20 Å². The van der Waals surface area contributed by atoms with Gasteiger partial charge in [-0.1, -0.05) is 48.0 Å². The van der Waals surface area contributed by atoms with Crippen LogP contribution < -0.4 is 10.1 Å². The molecule has 4 aromatic rings. The van der Waals surface area contributed by atoms with Crippen LogP contribution in [0.2, 0.25) is 5.15 Å². The van der Waals surface area contributed by atoms with E-state index in [4.69, 9.17) is 11.6 Å². The number of aromatic nitrogens is 3. The molecule has 0 aliphatic heterocycles. The number of hydrogen-bond acceptors (Lipinski definition) is 4. The van der Waals surface area contributed by atoms with Gasteiger partial charge < -0.3 is 10.0 Å². The van der Waals surface area contributed by atoms with E-state index in [2.05, 4.69) is 28.7 Å². The molecule has 0 saturated carbocycles. The number of pyridine rings is 2. The van der Waals surface area contributed by atoms with Crippen LogP contribution in [0.15, 0.2) is 76.8 Å². The van der Waals surface area contributed by atoms with E-state index in [0.29, 0.717) is 29.5 Å². The maximum atomic E-state index is 13.4. The summed E-state index contributed by atoms with van der Waals surface area (Å²) in [7, 11) is 0. The van der Waals surface area contributed by atoms with E-state index in [1.165, 1.54) is 0 Å². The first-order valence-electron chi connectivity index (χ1n) is 11.7. The van der Waals surface area contributed by atoms with Gasteiger partial charge in [0, 0.05) is 43.0 Å². The van der Waals surface area contributed by atoms with Gasteiger partial charge in [0.15, 0.2) is 5.56 Å². The zero-order valence-corrected chi connectivity index (χ0v) is 20.9. The summed E-state index contributed by atoms with van der Waals surface area (Å²) in [5.74, 6) is 0.823. The second kappa shape index (κ2) is 10.7. The molecule has 0 aliphatic rings.